The van der Waals surface area contributed by atoms with Crippen LogP contribution < -0.4 is 16.0 Å². The summed E-state index contributed by atoms with van der Waals surface area (Å²) in [6, 6.07) is 22.7. The van der Waals surface area contributed by atoms with E-state index in [0.29, 0.717) is 0 Å². The van der Waals surface area contributed by atoms with Crippen LogP contribution in [-0.4, -0.2) is 31.1 Å². The molecular formula is C58H78N4. The van der Waals surface area contributed by atoms with Crippen LogP contribution in [0.1, 0.15) is 144 Å². The molecule has 3 aromatic carbocycles. The van der Waals surface area contributed by atoms with Gasteiger partial charge in [0.05, 0.1) is 0 Å². The molecule has 1 aliphatic carbocycles. The molecule has 0 amide bonds. The van der Waals surface area contributed by atoms with Gasteiger partial charge in [-0.25, -0.2) is 0 Å². The summed E-state index contributed by atoms with van der Waals surface area (Å²) in [6.45, 7) is 36.4. The highest BCUT2D eigenvalue weighted by Gasteiger charge is 2.24. The molecule has 1 saturated heterocycles. The zero-order chi connectivity index (χ0) is 44.6. The van der Waals surface area contributed by atoms with Crippen LogP contribution in [0.15, 0.2) is 145 Å². The lowest BCUT2D eigenvalue weighted by Crippen LogP contribution is -2.32. The molecule has 0 radical (unpaired) electrons. The first-order valence-electron chi connectivity index (χ1n) is 23.6. The van der Waals surface area contributed by atoms with E-state index in [4.69, 9.17) is 0 Å². The molecule has 0 aromatic heterocycles. The summed E-state index contributed by atoms with van der Waals surface area (Å²) in [5.74, 6) is 0.758. The third kappa shape index (κ3) is 14.0. The zero-order valence-electron chi connectivity index (χ0n) is 39.7. The van der Waals surface area contributed by atoms with Crippen molar-refractivity contribution in [2.75, 3.05) is 31.5 Å². The van der Waals surface area contributed by atoms with Gasteiger partial charge in [-0.2, -0.15) is 0 Å². The Bertz CT molecular complexity index is 2140. The number of unbranched alkanes of at least 4 members (excludes halogenated alkanes) is 5. The number of rotatable bonds is 18. The Labute approximate surface area is 377 Å². The van der Waals surface area contributed by atoms with E-state index in [9.17, 15) is 0 Å². The molecule has 3 N–H and O–H groups in total. The highest BCUT2D eigenvalue weighted by molar-refractivity contribution is 5.69. The summed E-state index contributed by atoms with van der Waals surface area (Å²) >= 11 is 0. The van der Waals surface area contributed by atoms with Crippen molar-refractivity contribution in [1.82, 2.24) is 15.5 Å². The molecule has 6 rings (SSSR count). The summed E-state index contributed by atoms with van der Waals surface area (Å²) < 4.78 is 0. The van der Waals surface area contributed by atoms with Gasteiger partial charge >= 0.3 is 0 Å². The molecule has 2 aliphatic heterocycles. The summed E-state index contributed by atoms with van der Waals surface area (Å²) in [4.78, 5) is 2.58. The number of anilines is 1. The fraction of sp³-hybridized carbons (Fsp3) is 0.431. The maximum atomic E-state index is 4.44. The Morgan fingerprint density at radius 3 is 2.13 bits per heavy atom. The minimum Gasteiger partial charge on any atom is -0.381 e. The van der Waals surface area contributed by atoms with Crippen molar-refractivity contribution in [3.8, 4) is 0 Å². The molecule has 0 unspecified atom stereocenters. The number of piperidine rings is 1. The first-order valence-corrected chi connectivity index (χ1v) is 23.6. The lowest BCUT2D eigenvalue weighted by molar-refractivity contribution is 0.222. The Morgan fingerprint density at radius 1 is 0.839 bits per heavy atom. The van der Waals surface area contributed by atoms with Gasteiger partial charge in [-0.05, 0) is 154 Å². The van der Waals surface area contributed by atoms with E-state index in [-0.39, 0.29) is 5.41 Å². The van der Waals surface area contributed by atoms with E-state index in [2.05, 4.69) is 173 Å². The second-order valence-corrected chi connectivity index (χ2v) is 18.9. The predicted octanol–water partition coefficient (Wildman–Crippen LogP) is 14.5. The van der Waals surface area contributed by atoms with Crippen LogP contribution in [0, 0.1) is 13.8 Å². The quantitative estimate of drug-likeness (QED) is 0.0882. The molecule has 0 spiro atoms. The second-order valence-electron chi connectivity index (χ2n) is 18.9. The lowest BCUT2D eigenvalue weighted by Gasteiger charge is -2.31. The molecule has 1 fully saturated rings. The number of allylic oxidation sites excluding steroid dienone is 4. The van der Waals surface area contributed by atoms with Crippen LogP contribution in [0.4, 0.5) is 5.69 Å². The molecule has 0 bridgehead atoms. The SMILES string of the molecule is C=C(Nc1cc(C)c(CCCCCCCCc2ccc(C3CCN(CC)CC3)cc2)cc1C(C)(C)C)C1=CNC2=CCCC=C2C1=C.C=C=C(C)CNC(=C)c1ccc(C)cc1. The molecule has 4 nitrogen and oxygen atoms in total. The molecule has 2 heterocycles. The number of likely N-dealkylation sites (tertiary alicyclic amines) is 1. The maximum absolute atomic E-state index is 4.44. The highest BCUT2D eigenvalue weighted by atomic mass is 15.1. The number of aryl methyl sites for hydroxylation is 4. The van der Waals surface area contributed by atoms with Crippen LogP contribution in [-0.2, 0) is 18.3 Å². The third-order valence-electron chi connectivity index (χ3n) is 13.0. The van der Waals surface area contributed by atoms with Gasteiger partial charge in [0.1, 0.15) is 0 Å². The van der Waals surface area contributed by atoms with Gasteiger partial charge in [-0.15, -0.1) is 5.73 Å². The van der Waals surface area contributed by atoms with Crippen molar-refractivity contribution in [2.45, 2.75) is 137 Å². The molecular weight excluding hydrogens is 753 g/mol. The Balaban J connectivity index is 0.000000409. The molecule has 0 saturated carbocycles. The lowest BCUT2D eigenvalue weighted by atomic mass is 9.82. The van der Waals surface area contributed by atoms with Crippen LogP contribution in [0.25, 0.3) is 5.70 Å². The summed E-state index contributed by atoms with van der Waals surface area (Å²) in [5.41, 5.74) is 21.1. The number of hydrogen-bond donors (Lipinski definition) is 3. The van der Waals surface area contributed by atoms with E-state index in [1.54, 1.807) is 5.56 Å². The number of fused-ring (bicyclic) bond motifs is 1. The average molecular weight is 831 g/mol. The Morgan fingerprint density at radius 2 is 1.48 bits per heavy atom. The average Bonchev–Trinajstić information content (AvgIpc) is 3.27. The molecule has 62 heavy (non-hydrogen) atoms. The first-order chi connectivity index (χ1) is 29.8. The van der Waals surface area contributed by atoms with Gasteiger partial charge < -0.3 is 20.9 Å². The minimum atomic E-state index is 0.0237. The van der Waals surface area contributed by atoms with Gasteiger partial charge in [0, 0.05) is 46.7 Å². The fourth-order valence-corrected chi connectivity index (χ4v) is 8.77. The summed E-state index contributed by atoms with van der Waals surface area (Å²) in [7, 11) is 0. The highest BCUT2D eigenvalue weighted by Crippen LogP contribution is 2.37. The monoisotopic (exact) mass is 831 g/mol. The largest absolute Gasteiger partial charge is 0.381 e. The standard InChI is InChI=1S/C44H61N3.C14H17N/c1-8-47-27-25-37(26-28-47)36-23-21-35(22-24-36)17-13-11-9-10-12-14-18-38-30-41(44(5,6)7)43(29-32(38)2)46-34(4)40-31-45-42-20-16-15-19-39(42)33(40)3;1-5-11(2)10-15-13(4)14-8-6-12(3)7-9-14/h19-24,29-31,37,45-46H,3-4,8-18,25-28H2,1-2,5-7H3;6-9,15H,1,4,10H2,2-3H3. The number of nitrogens with zero attached hydrogens (tertiary/aromatic N) is 1. The van der Waals surface area contributed by atoms with Crippen molar-refractivity contribution in [3.05, 3.63) is 184 Å². The van der Waals surface area contributed by atoms with Crippen molar-refractivity contribution in [2.24, 2.45) is 0 Å². The van der Waals surface area contributed by atoms with Gasteiger partial charge in [-0.3, -0.25) is 0 Å². The predicted molar refractivity (Wildman–Crippen MR) is 271 cm³/mol. The summed E-state index contributed by atoms with van der Waals surface area (Å²) in [5, 5.41) is 10.4. The minimum absolute atomic E-state index is 0.0237. The first kappa shape index (κ1) is 48.0. The van der Waals surface area contributed by atoms with Crippen LogP contribution >= 0.6 is 0 Å². The number of benzene rings is 3. The van der Waals surface area contributed by atoms with E-state index >= 15 is 0 Å². The smallest absolute Gasteiger partial charge is 0.0432 e. The van der Waals surface area contributed by atoms with E-state index < -0.39 is 0 Å². The second kappa shape index (κ2) is 23.4. The number of hydrogen-bond acceptors (Lipinski definition) is 4. The van der Waals surface area contributed by atoms with Gasteiger partial charge in [0.15, 0.2) is 0 Å². The topological polar surface area (TPSA) is 39.3 Å². The maximum Gasteiger partial charge on any atom is 0.0432 e. The van der Waals surface area contributed by atoms with E-state index in [1.165, 1.54) is 117 Å². The number of nitrogens with one attached hydrogen (secondary N) is 3. The van der Waals surface area contributed by atoms with Crippen LogP contribution in [0.2, 0.25) is 0 Å². The van der Waals surface area contributed by atoms with Crippen LogP contribution in [0.3, 0.4) is 0 Å². The Kier molecular flexibility index (Phi) is 18.1. The molecule has 0 atom stereocenters. The fourth-order valence-electron chi connectivity index (χ4n) is 8.77. The molecule has 3 aliphatic rings. The van der Waals surface area contributed by atoms with Gasteiger partial charge in [0.2, 0.25) is 0 Å². The van der Waals surface area contributed by atoms with Crippen molar-refractivity contribution in [1.29, 1.82) is 0 Å². The van der Waals surface area contributed by atoms with Gasteiger partial charge in [-0.1, -0.05) is 152 Å². The van der Waals surface area contributed by atoms with Gasteiger partial charge in [0.25, 0.3) is 0 Å². The zero-order valence-corrected chi connectivity index (χ0v) is 39.7. The van der Waals surface area contributed by atoms with Crippen molar-refractivity contribution in [3.63, 3.8) is 0 Å². The molecule has 4 heteroatoms. The summed E-state index contributed by atoms with van der Waals surface area (Å²) in [6.07, 6.45) is 21.6. The van der Waals surface area contributed by atoms with E-state index in [1.807, 2.05) is 6.92 Å². The van der Waals surface area contributed by atoms with Crippen molar-refractivity contribution < 1.29 is 0 Å². The third-order valence-corrected chi connectivity index (χ3v) is 13.0. The Hall–Kier alpha value is -5.02. The van der Waals surface area contributed by atoms with Crippen LogP contribution in [0.5, 0.6) is 0 Å². The normalized spacial score (nSPS) is 15.4. The van der Waals surface area contributed by atoms with E-state index in [0.717, 1.165) is 71.1 Å². The molecule has 330 valence electrons. The molecule has 3 aromatic rings. The van der Waals surface area contributed by atoms with Crippen molar-refractivity contribution >= 4 is 11.4 Å².